The second-order valence-electron chi connectivity index (χ2n) is 4.66. The van der Waals surface area contributed by atoms with Crippen LogP contribution in [0.1, 0.15) is 12.8 Å². The molecule has 6 nitrogen and oxygen atoms in total. The van der Waals surface area contributed by atoms with Crippen LogP contribution in [0.4, 0.5) is 0 Å². The first-order valence-corrected chi connectivity index (χ1v) is 6.40. The number of benzene rings is 1. The molecule has 1 aromatic rings. The highest BCUT2D eigenvalue weighted by Gasteiger charge is 2.37. The molecule has 1 aromatic carbocycles. The number of carbonyl (C=O) groups is 2. The summed E-state index contributed by atoms with van der Waals surface area (Å²) in [5.74, 6) is -0.434. The number of ether oxygens (including phenoxy) is 2. The maximum atomic E-state index is 11.7. The Labute approximate surface area is 116 Å². The van der Waals surface area contributed by atoms with Crippen molar-refractivity contribution >= 4 is 11.9 Å². The standard InChI is InChI=1S/C14H17NO5/c1-19-10-4-2-3-5-11(10)20-8-12(16)15-13(14(17)18)9-6-7-9/h2-5,9,13H,6-8H2,1H3,(H,15,16)(H,17,18). The van der Waals surface area contributed by atoms with Crippen LogP contribution in [-0.4, -0.2) is 36.7 Å². The van der Waals surface area contributed by atoms with E-state index in [4.69, 9.17) is 14.6 Å². The number of para-hydroxylation sites is 2. The van der Waals surface area contributed by atoms with Crippen molar-refractivity contribution in [2.45, 2.75) is 18.9 Å². The minimum Gasteiger partial charge on any atom is -0.493 e. The van der Waals surface area contributed by atoms with Crippen LogP contribution in [0.3, 0.4) is 0 Å². The van der Waals surface area contributed by atoms with Gasteiger partial charge in [0.2, 0.25) is 0 Å². The number of nitrogens with one attached hydrogen (secondary N) is 1. The van der Waals surface area contributed by atoms with Crippen molar-refractivity contribution in [3.63, 3.8) is 0 Å². The summed E-state index contributed by atoms with van der Waals surface area (Å²) in [5, 5.41) is 11.5. The van der Waals surface area contributed by atoms with Gasteiger partial charge in [0.05, 0.1) is 7.11 Å². The van der Waals surface area contributed by atoms with Crippen molar-refractivity contribution in [3.8, 4) is 11.5 Å². The minimum absolute atomic E-state index is 0.0442. The lowest BCUT2D eigenvalue weighted by Gasteiger charge is -2.14. The highest BCUT2D eigenvalue weighted by atomic mass is 16.5. The predicted molar refractivity (Wildman–Crippen MR) is 70.8 cm³/mol. The fraction of sp³-hybridized carbons (Fsp3) is 0.429. The van der Waals surface area contributed by atoms with E-state index in [9.17, 15) is 9.59 Å². The molecule has 2 N–H and O–H groups in total. The van der Waals surface area contributed by atoms with Gasteiger partial charge < -0.3 is 19.9 Å². The summed E-state index contributed by atoms with van der Waals surface area (Å²) in [4.78, 5) is 22.7. The van der Waals surface area contributed by atoms with Gasteiger partial charge in [0, 0.05) is 0 Å². The van der Waals surface area contributed by atoms with Crippen molar-refractivity contribution in [3.05, 3.63) is 24.3 Å². The average molecular weight is 279 g/mol. The maximum Gasteiger partial charge on any atom is 0.326 e. The molecule has 20 heavy (non-hydrogen) atoms. The smallest absolute Gasteiger partial charge is 0.326 e. The number of methoxy groups -OCH3 is 1. The number of hydrogen-bond acceptors (Lipinski definition) is 4. The topological polar surface area (TPSA) is 84.9 Å². The molecule has 1 amide bonds. The lowest BCUT2D eigenvalue weighted by molar-refractivity contribution is -0.142. The highest BCUT2D eigenvalue weighted by molar-refractivity contribution is 5.84. The second-order valence-corrected chi connectivity index (χ2v) is 4.66. The maximum absolute atomic E-state index is 11.7. The van der Waals surface area contributed by atoms with Crippen LogP contribution in [0.2, 0.25) is 0 Å². The van der Waals surface area contributed by atoms with Gasteiger partial charge in [-0.3, -0.25) is 4.79 Å². The van der Waals surface area contributed by atoms with Gasteiger partial charge in [-0.1, -0.05) is 12.1 Å². The van der Waals surface area contributed by atoms with Crippen LogP contribution in [0.15, 0.2) is 24.3 Å². The zero-order valence-electron chi connectivity index (χ0n) is 11.2. The van der Waals surface area contributed by atoms with Gasteiger partial charge in [-0.2, -0.15) is 0 Å². The van der Waals surface area contributed by atoms with Crippen molar-refractivity contribution < 1.29 is 24.2 Å². The van der Waals surface area contributed by atoms with E-state index in [2.05, 4.69) is 5.32 Å². The van der Waals surface area contributed by atoms with E-state index >= 15 is 0 Å². The summed E-state index contributed by atoms with van der Waals surface area (Å²) >= 11 is 0. The first-order valence-electron chi connectivity index (χ1n) is 6.40. The van der Waals surface area contributed by atoms with Crippen molar-refractivity contribution in [1.82, 2.24) is 5.32 Å². The molecule has 0 aliphatic heterocycles. The number of amides is 1. The molecule has 2 rings (SSSR count). The molecule has 0 spiro atoms. The van der Waals surface area contributed by atoms with E-state index in [-0.39, 0.29) is 12.5 Å². The van der Waals surface area contributed by atoms with E-state index in [1.54, 1.807) is 24.3 Å². The molecular weight excluding hydrogens is 262 g/mol. The van der Waals surface area contributed by atoms with E-state index < -0.39 is 17.9 Å². The van der Waals surface area contributed by atoms with E-state index in [0.717, 1.165) is 12.8 Å². The van der Waals surface area contributed by atoms with Crippen LogP contribution >= 0.6 is 0 Å². The molecule has 1 fully saturated rings. The molecule has 108 valence electrons. The Balaban J connectivity index is 1.87. The third-order valence-electron chi connectivity index (χ3n) is 3.10. The van der Waals surface area contributed by atoms with Crippen molar-refractivity contribution in [1.29, 1.82) is 0 Å². The molecule has 1 atom stereocenters. The first-order chi connectivity index (χ1) is 9.61. The van der Waals surface area contributed by atoms with Crippen LogP contribution in [-0.2, 0) is 9.59 Å². The summed E-state index contributed by atoms with van der Waals surface area (Å²) < 4.78 is 10.4. The molecule has 0 heterocycles. The third-order valence-corrected chi connectivity index (χ3v) is 3.10. The Morgan fingerprint density at radius 2 is 2.00 bits per heavy atom. The minimum atomic E-state index is -1.00. The SMILES string of the molecule is COc1ccccc1OCC(=O)NC(C(=O)O)C1CC1. The Hall–Kier alpha value is -2.24. The molecule has 1 saturated carbocycles. The zero-order valence-corrected chi connectivity index (χ0v) is 11.2. The average Bonchev–Trinajstić information content (AvgIpc) is 3.27. The van der Waals surface area contributed by atoms with Gasteiger partial charge in [0.25, 0.3) is 5.91 Å². The Morgan fingerprint density at radius 3 is 2.55 bits per heavy atom. The zero-order chi connectivity index (χ0) is 14.5. The summed E-state index contributed by atoms with van der Waals surface area (Å²) in [5.41, 5.74) is 0. The molecular formula is C14H17NO5. The molecule has 1 unspecified atom stereocenters. The summed E-state index contributed by atoms with van der Waals surface area (Å²) in [6.45, 7) is -0.239. The summed E-state index contributed by atoms with van der Waals surface area (Å²) in [6.07, 6.45) is 1.68. The third kappa shape index (κ3) is 3.63. The molecule has 0 bridgehead atoms. The monoisotopic (exact) mass is 279 g/mol. The van der Waals surface area contributed by atoms with Crippen LogP contribution in [0, 0.1) is 5.92 Å². The number of aliphatic carboxylic acids is 1. The van der Waals surface area contributed by atoms with Crippen LogP contribution in [0.25, 0.3) is 0 Å². The first kappa shape index (κ1) is 14.2. The predicted octanol–water partition coefficient (Wildman–Crippen LogP) is 1.05. The van der Waals surface area contributed by atoms with Crippen molar-refractivity contribution in [2.75, 3.05) is 13.7 Å². The number of hydrogen-bond donors (Lipinski definition) is 2. The molecule has 0 radical (unpaired) electrons. The van der Waals surface area contributed by atoms with Crippen LogP contribution in [0.5, 0.6) is 11.5 Å². The fourth-order valence-corrected chi connectivity index (χ4v) is 1.91. The van der Waals surface area contributed by atoms with Gasteiger partial charge in [0.1, 0.15) is 6.04 Å². The highest BCUT2D eigenvalue weighted by Crippen LogP contribution is 2.32. The molecule has 1 aliphatic carbocycles. The van der Waals surface area contributed by atoms with E-state index in [1.807, 2.05) is 0 Å². The largest absolute Gasteiger partial charge is 0.493 e. The quantitative estimate of drug-likeness (QED) is 0.779. The van der Waals surface area contributed by atoms with Gasteiger partial charge in [-0.05, 0) is 30.9 Å². The second kappa shape index (κ2) is 6.27. The normalized spacial score (nSPS) is 15.2. The number of carbonyl (C=O) groups excluding carboxylic acids is 1. The lowest BCUT2D eigenvalue weighted by Crippen LogP contribution is -2.44. The van der Waals surface area contributed by atoms with Gasteiger partial charge in [-0.15, -0.1) is 0 Å². The lowest BCUT2D eigenvalue weighted by atomic mass is 10.2. The number of carboxylic acids is 1. The van der Waals surface area contributed by atoms with E-state index in [1.165, 1.54) is 7.11 Å². The molecule has 0 saturated heterocycles. The van der Waals surface area contributed by atoms with Crippen LogP contribution < -0.4 is 14.8 Å². The number of carboxylic acid groups (broad SMARTS) is 1. The Bertz CT molecular complexity index is 498. The summed E-state index contributed by atoms with van der Waals surface area (Å²) in [7, 11) is 1.51. The van der Waals surface area contributed by atoms with Gasteiger partial charge >= 0.3 is 5.97 Å². The molecule has 6 heteroatoms. The Morgan fingerprint density at radius 1 is 1.35 bits per heavy atom. The fourth-order valence-electron chi connectivity index (χ4n) is 1.91. The van der Waals surface area contributed by atoms with Gasteiger partial charge in [-0.25, -0.2) is 4.79 Å². The van der Waals surface area contributed by atoms with Crippen molar-refractivity contribution in [2.24, 2.45) is 5.92 Å². The Kier molecular flexibility index (Phi) is 4.45. The van der Waals surface area contributed by atoms with E-state index in [0.29, 0.717) is 11.5 Å². The summed E-state index contributed by atoms with van der Waals surface area (Å²) in [6, 6.07) is 6.14. The van der Waals surface area contributed by atoms with Gasteiger partial charge in [0.15, 0.2) is 18.1 Å². The molecule has 1 aliphatic rings. The molecule has 0 aromatic heterocycles. The number of rotatable bonds is 7.